The Hall–Kier alpha value is 0.0500. The number of halogens is 2. The van der Waals surface area contributed by atoms with Crippen molar-refractivity contribution in [2.75, 3.05) is 26.7 Å². The summed E-state index contributed by atoms with van der Waals surface area (Å²) in [6.07, 6.45) is 2.21. The van der Waals surface area contributed by atoms with Gasteiger partial charge in [0.2, 0.25) is 10.0 Å². The summed E-state index contributed by atoms with van der Waals surface area (Å²) in [5.74, 6) is 0. The highest BCUT2D eigenvalue weighted by Crippen LogP contribution is 2.28. The van der Waals surface area contributed by atoms with Gasteiger partial charge in [-0.25, -0.2) is 8.42 Å². The zero-order chi connectivity index (χ0) is 15.6. The molecule has 1 atom stereocenters. The first-order valence-corrected chi connectivity index (χ1v) is 10.0. The second kappa shape index (κ2) is 7.08. The maximum Gasteiger partial charge on any atom is 0.243 e. The smallest absolute Gasteiger partial charge is 0.243 e. The lowest BCUT2D eigenvalue weighted by molar-refractivity contribution is 0.237. The van der Waals surface area contributed by atoms with Crippen molar-refractivity contribution < 1.29 is 8.42 Å². The van der Waals surface area contributed by atoms with Gasteiger partial charge in [0.1, 0.15) is 0 Å². The van der Waals surface area contributed by atoms with Gasteiger partial charge in [0.25, 0.3) is 0 Å². The molecule has 1 heterocycles. The molecule has 0 aromatic heterocycles. The van der Waals surface area contributed by atoms with Crippen LogP contribution in [0.25, 0.3) is 0 Å². The summed E-state index contributed by atoms with van der Waals surface area (Å²) in [7, 11) is -1.80. The van der Waals surface area contributed by atoms with Crippen molar-refractivity contribution in [1.29, 1.82) is 0 Å². The Kier molecular flexibility index (Phi) is 5.87. The second-order valence-electron chi connectivity index (χ2n) is 5.28. The van der Waals surface area contributed by atoms with E-state index in [0.29, 0.717) is 22.0 Å². The fourth-order valence-corrected chi connectivity index (χ4v) is 5.68. The average Bonchev–Trinajstić information content (AvgIpc) is 2.85. The summed E-state index contributed by atoms with van der Waals surface area (Å²) >= 11 is 6.69. The monoisotopic (exact) mass is 438 g/mol. The van der Waals surface area contributed by atoms with Crippen molar-refractivity contribution in [1.82, 2.24) is 9.21 Å². The van der Waals surface area contributed by atoms with Crippen molar-refractivity contribution in [2.45, 2.75) is 30.7 Å². The maximum absolute atomic E-state index is 12.7. The first kappa shape index (κ1) is 17.4. The van der Waals surface area contributed by atoms with Gasteiger partial charge in [0, 0.05) is 28.6 Å². The van der Waals surface area contributed by atoms with Crippen LogP contribution in [0.3, 0.4) is 0 Å². The topological polar surface area (TPSA) is 40.6 Å². The molecule has 1 fully saturated rings. The normalized spacial score (nSPS) is 20.3. The van der Waals surface area contributed by atoms with Crippen molar-refractivity contribution in [3.63, 3.8) is 0 Å². The van der Waals surface area contributed by atoms with E-state index in [1.807, 2.05) is 0 Å². The zero-order valence-electron chi connectivity index (χ0n) is 12.2. The third kappa shape index (κ3) is 3.88. The van der Waals surface area contributed by atoms with Gasteiger partial charge in [-0.1, -0.05) is 22.9 Å². The summed E-state index contributed by atoms with van der Waals surface area (Å²) in [5, 5.41) is 0. The van der Waals surface area contributed by atoms with Crippen LogP contribution in [0.2, 0.25) is 0 Å². The molecule has 0 amide bonds. The Morgan fingerprint density at radius 3 is 2.71 bits per heavy atom. The van der Waals surface area contributed by atoms with Crippen LogP contribution in [-0.2, 0) is 10.0 Å². The molecule has 1 unspecified atom stereocenters. The van der Waals surface area contributed by atoms with Gasteiger partial charge in [-0.05, 0) is 60.1 Å². The Labute approximate surface area is 143 Å². The van der Waals surface area contributed by atoms with E-state index >= 15 is 0 Å². The van der Waals surface area contributed by atoms with E-state index in [9.17, 15) is 8.42 Å². The molecule has 7 heteroatoms. The largest absolute Gasteiger partial charge is 0.299 e. The number of rotatable bonds is 5. The van der Waals surface area contributed by atoms with Crippen LogP contribution in [0.5, 0.6) is 0 Å². The third-order valence-electron chi connectivity index (χ3n) is 3.96. The number of nitrogens with zero attached hydrogens (tertiary/aromatic N) is 2. The third-order valence-corrected chi connectivity index (χ3v) is 7.25. The molecule has 2 rings (SSSR count). The Bertz CT molecular complexity index is 607. The molecule has 1 aliphatic rings. The van der Waals surface area contributed by atoms with E-state index in [1.54, 1.807) is 25.2 Å². The van der Waals surface area contributed by atoms with Crippen LogP contribution in [0, 0.1) is 0 Å². The van der Waals surface area contributed by atoms with E-state index in [-0.39, 0.29) is 0 Å². The fraction of sp³-hybridized carbons (Fsp3) is 0.571. The first-order valence-electron chi connectivity index (χ1n) is 7.01. The molecular formula is C14H20Br2N2O2S. The number of likely N-dealkylation sites (tertiary alicyclic amines) is 1. The van der Waals surface area contributed by atoms with Crippen LogP contribution in [-0.4, -0.2) is 50.3 Å². The molecule has 21 heavy (non-hydrogen) atoms. The molecule has 0 aliphatic carbocycles. The second-order valence-corrected chi connectivity index (χ2v) is 9.07. The Morgan fingerprint density at radius 1 is 1.38 bits per heavy atom. The molecule has 118 valence electrons. The first-order chi connectivity index (χ1) is 9.86. The number of hydrogen-bond donors (Lipinski definition) is 0. The number of sulfonamides is 1. The highest BCUT2D eigenvalue weighted by molar-refractivity contribution is 9.11. The molecule has 4 nitrogen and oxygen atoms in total. The molecule has 0 saturated carbocycles. The lowest BCUT2D eigenvalue weighted by Crippen LogP contribution is -2.41. The van der Waals surface area contributed by atoms with Crippen molar-refractivity contribution in [2.24, 2.45) is 0 Å². The SMILES string of the molecule is CCN1CCCC1CN(C)S(=O)(=O)c1ccc(Br)cc1Br. The quantitative estimate of drug-likeness (QED) is 0.706. The van der Waals surface area contributed by atoms with Crippen LogP contribution >= 0.6 is 31.9 Å². The summed E-state index contributed by atoms with van der Waals surface area (Å²) < 4.78 is 28.3. The van der Waals surface area contributed by atoms with Gasteiger partial charge in [-0.2, -0.15) is 4.31 Å². The van der Waals surface area contributed by atoms with Crippen molar-refractivity contribution >= 4 is 41.9 Å². The lowest BCUT2D eigenvalue weighted by Gasteiger charge is -2.27. The van der Waals surface area contributed by atoms with Crippen LogP contribution in [0.1, 0.15) is 19.8 Å². The molecule has 1 saturated heterocycles. The zero-order valence-corrected chi connectivity index (χ0v) is 16.2. The predicted octanol–water partition coefficient (Wildman–Crippen LogP) is 3.32. The molecule has 1 aromatic rings. The molecule has 1 aromatic carbocycles. The van der Waals surface area contributed by atoms with Crippen LogP contribution in [0.4, 0.5) is 0 Å². The van der Waals surface area contributed by atoms with Gasteiger partial charge >= 0.3 is 0 Å². The highest BCUT2D eigenvalue weighted by Gasteiger charge is 2.30. The highest BCUT2D eigenvalue weighted by atomic mass is 79.9. The maximum atomic E-state index is 12.7. The molecular weight excluding hydrogens is 420 g/mol. The van der Waals surface area contributed by atoms with E-state index in [4.69, 9.17) is 0 Å². The summed E-state index contributed by atoms with van der Waals surface area (Å²) in [6.45, 7) is 4.70. The van der Waals surface area contributed by atoms with Gasteiger partial charge < -0.3 is 0 Å². The van der Waals surface area contributed by atoms with Crippen LogP contribution in [0.15, 0.2) is 32.0 Å². The minimum absolute atomic E-state index is 0.314. The molecule has 0 spiro atoms. The molecule has 1 aliphatic heterocycles. The number of hydrogen-bond acceptors (Lipinski definition) is 3. The van der Waals surface area contributed by atoms with E-state index in [1.165, 1.54) is 4.31 Å². The van der Waals surface area contributed by atoms with E-state index < -0.39 is 10.0 Å². The predicted molar refractivity (Wildman–Crippen MR) is 91.9 cm³/mol. The standard InChI is InChI=1S/C14H20Br2N2O2S/c1-3-18-8-4-5-12(18)10-17(2)21(19,20)14-7-6-11(15)9-13(14)16/h6-7,9,12H,3-5,8,10H2,1-2H3. The van der Waals surface area contributed by atoms with E-state index in [2.05, 4.69) is 43.7 Å². The minimum atomic E-state index is -3.47. The summed E-state index contributed by atoms with van der Waals surface area (Å²) in [5.41, 5.74) is 0. The number of benzene rings is 1. The van der Waals surface area contributed by atoms with E-state index in [0.717, 1.165) is 30.4 Å². The van der Waals surface area contributed by atoms with Gasteiger partial charge in [-0.3, -0.25) is 4.90 Å². The van der Waals surface area contributed by atoms with Crippen LogP contribution < -0.4 is 0 Å². The molecule has 0 N–H and O–H groups in total. The molecule has 0 radical (unpaired) electrons. The lowest BCUT2D eigenvalue weighted by atomic mass is 10.2. The van der Waals surface area contributed by atoms with Gasteiger partial charge in [0.15, 0.2) is 0 Å². The Morgan fingerprint density at radius 2 is 2.10 bits per heavy atom. The average molecular weight is 440 g/mol. The minimum Gasteiger partial charge on any atom is -0.299 e. The number of likely N-dealkylation sites (N-methyl/N-ethyl adjacent to an activating group) is 2. The summed E-state index contributed by atoms with van der Waals surface area (Å²) in [4.78, 5) is 2.66. The van der Waals surface area contributed by atoms with Gasteiger partial charge in [-0.15, -0.1) is 0 Å². The Balaban J connectivity index is 2.18. The van der Waals surface area contributed by atoms with Crippen molar-refractivity contribution in [3.8, 4) is 0 Å². The fourth-order valence-electron chi connectivity index (χ4n) is 2.77. The van der Waals surface area contributed by atoms with Crippen molar-refractivity contribution in [3.05, 3.63) is 27.1 Å². The molecule has 0 bridgehead atoms. The summed E-state index contributed by atoms with van der Waals surface area (Å²) in [6, 6.07) is 5.46. The van der Waals surface area contributed by atoms with Gasteiger partial charge in [0.05, 0.1) is 4.90 Å².